The molecule has 4 aliphatic rings. The number of fused-ring (bicyclic) bond motifs is 2. The number of aliphatic hydroxyl groups is 3. The molecule has 3 N–H and O–H groups in total. The van der Waals surface area contributed by atoms with Crippen molar-refractivity contribution in [2.45, 2.75) is 199 Å². The number of methoxy groups -OCH3 is 1. The zero-order valence-corrected chi connectivity index (χ0v) is 37.7. The Morgan fingerprint density at radius 2 is 1.56 bits per heavy atom. The topological polar surface area (TPSA) is 198 Å². The van der Waals surface area contributed by atoms with Crippen LogP contribution in [0.5, 0.6) is 0 Å². The summed E-state index contributed by atoms with van der Waals surface area (Å²) in [5.41, 5.74) is -3.28. The standard InChI is InChI=1S/C43H73NO15/c1-15-29-43(11,50)36(47)24(5)33-22(3)20-42(10,59-33)38(25(6)34(26(7)39(49)55-29)57-32-21-41(9,51-14)37(48)27(8)54-32)58-40-35(28(44(12)13)19-23(4)53-40)56-31(46)18-17-30(45)52-16-2/h23-29,32,34-38,40,47-48,50H,15-21H2,1-14H3/t23-,24+,25+,26-,27+,28+,29-,32+,34+,35-,36-,37+,38-,40+,41-,42-,43-/m1/s1. The number of aliphatic hydroxyl groups excluding tert-OH is 2. The van der Waals surface area contributed by atoms with Crippen molar-refractivity contribution in [3.8, 4) is 0 Å². The molecular formula is C43H73NO15. The molecule has 4 aliphatic heterocycles. The average Bonchev–Trinajstić information content (AvgIpc) is 3.49. The van der Waals surface area contributed by atoms with Gasteiger partial charge in [0.1, 0.15) is 35.3 Å². The van der Waals surface area contributed by atoms with Gasteiger partial charge in [0.15, 0.2) is 18.7 Å². The van der Waals surface area contributed by atoms with Gasteiger partial charge in [-0.25, -0.2) is 0 Å². The van der Waals surface area contributed by atoms with Crippen LogP contribution in [-0.4, -0.2) is 150 Å². The zero-order valence-electron chi connectivity index (χ0n) is 37.7. The van der Waals surface area contributed by atoms with Crippen molar-refractivity contribution >= 4 is 17.9 Å². The molecule has 0 aromatic rings. The van der Waals surface area contributed by atoms with Crippen molar-refractivity contribution in [3.05, 3.63) is 11.3 Å². The third-order valence-corrected chi connectivity index (χ3v) is 13.0. The molecule has 0 aliphatic carbocycles. The first kappa shape index (κ1) is 49.2. The van der Waals surface area contributed by atoms with Gasteiger partial charge in [0.25, 0.3) is 0 Å². The normalized spacial score (nSPS) is 43.5. The summed E-state index contributed by atoms with van der Waals surface area (Å²) in [6.45, 7) is 19.6. The molecule has 16 nitrogen and oxygen atoms in total. The number of carbonyl (C=O) groups excluding carboxylic acids is 3. The third-order valence-electron chi connectivity index (χ3n) is 13.0. The van der Waals surface area contributed by atoms with Gasteiger partial charge in [0.05, 0.1) is 61.4 Å². The molecule has 2 bridgehead atoms. The van der Waals surface area contributed by atoms with Crippen LogP contribution in [0.3, 0.4) is 0 Å². The minimum Gasteiger partial charge on any atom is -0.489 e. The second-order valence-corrected chi connectivity index (χ2v) is 18.1. The summed E-state index contributed by atoms with van der Waals surface area (Å²) in [5.74, 6) is -3.81. The summed E-state index contributed by atoms with van der Waals surface area (Å²) in [5, 5.41) is 34.7. The second-order valence-electron chi connectivity index (χ2n) is 18.1. The summed E-state index contributed by atoms with van der Waals surface area (Å²) in [6.07, 6.45) is -8.71. The van der Waals surface area contributed by atoms with Crippen LogP contribution in [0.25, 0.3) is 0 Å². The van der Waals surface area contributed by atoms with Gasteiger partial charge < -0.3 is 62.9 Å². The van der Waals surface area contributed by atoms with Crippen LogP contribution in [0.4, 0.5) is 0 Å². The molecule has 0 amide bonds. The molecule has 0 unspecified atom stereocenters. The Morgan fingerprint density at radius 3 is 2.15 bits per heavy atom. The lowest BCUT2D eigenvalue weighted by Crippen LogP contribution is -2.61. The number of hydrogen-bond donors (Lipinski definition) is 3. The molecule has 0 aromatic carbocycles. The van der Waals surface area contributed by atoms with Crippen molar-refractivity contribution in [3.63, 3.8) is 0 Å². The van der Waals surface area contributed by atoms with Gasteiger partial charge in [-0.1, -0.05) is 20.8 Å². The first-order chi connectivity index (χ1) is 27.4. The summed E-state index contributed by atoms with van der Waals surface area (Å²) in [4.78, 5) is 41.8. The Morgan fingerprint density at radius 1 is 0.915 bits per heavy atom. The Balaban J connectivity index is 1.85. The minimum absolute atomic E-state index is 0.123. The zero-order chi connectivity index (χ0) is 44.4. The summed E-state index contributed by atoms with van der Waals surface area (Å²) < 4.78 is 56.6. The third kappa shape index (κ3) is 10.8. The van der Waals surface area contributed by atoms with Gasteiger partial charge in [0, 0.05) is 31.8 Å². The second kappa shape index (κ2) is 19.7. The largest absolute Gasteiger partial charge is 0.489 e. The van der Waals surface area contributed by atoms with Gasteiger partial charge in [-0.15, -0.1) is 0 Å². The summed E-state index contributed by atoms with van der Waals surface area (Å²) in [6, 6.07) is -0.354. The van der Waals surface area contributed by atoms with E-state index >= 15 is 0 Å². The quantitative estimate of drug-likeness (QED) is 0.189. The number of esters is 3. The summed E-state index contributed by atoms with van der Waals surface area (Å²) in [7, 11) is 5.26. The van der Waals surface area contributed by atoms with Gasteiger partial charge in [-0.3, -0.25) is 14.4 Å². The monoisotopic (exact) mass is 843 g/mol. The van der Waals surface area contributed by atoms with Crippen molar-refractivity contribution in [1.82, 2.24) is 4.90 Å². The van der Waals surface area contributed by atoms with E-state index in [0.29, 0.717) is 18.6 Å². The highest BCUT2D eigenvalue weighted by molar-refractivity contribution is 5.77. The fourth-order valence-corrected chi connectivity index (χ4v) is 9.49. The average molecular weight is 844 g/mol. The number of cyclic esters (lactones) is 1. The van der Waals surface area contributed by atoms with Gasteiger partial charge >= 0.3 is 17.9 Å². The highest BCUT2D eigenvalue weighted by Crippen LogP contribution is 2.47. The van der Waals surface area contributed by atoms with E-state index in [9.17, 15) is 29.7 Å². The molecular weight excluding hydrogens is 770 g/mol. The van der Waals surface area contributed by atoms with Crippen LogP contribution in [0, 0.1) is 17.8 Å². The Labute approximate surface area is 350 Å². The lowest BCUT2D eigenvalue weighted by Gasteiger charge is -2.49. The first-order valence-electron chi connectivity index (χ1n) is 21.3. The van der Waals surface area contributed by atoms with Crippen LogP contribution in [0.15, 0.2) is 11.3 Å². The van der Waals surface area contributed by atoms with E-state index in [1.54, 1.807) is 41.5 Å². The molecule has 3 fully saturated rings. The van der Waals surface area contributed by atoms with Crippen LogP contribution < -0.4 is 0 Å². The fourth-order valence-electron chi connectivity index (χ4n) is 9.49. The number of likely N-dealkylation sites (N-methyl/N-ethyl adjacent to an activating group) is 1. The number of ether oxygens (including phenoxy) is 9. The van der Waals surface area contributed by atoms with Crippen molar-refractivity contribution in [1.29, 1.82) is 0 Å². The molecule has 4 rings (SSSR count). The minimum atomic E-state index is -1.87. The fraction of sp³-hybridized carbons (Fsp3) is 0.884. The lowest BCUT2D eigenvalue weighted by molar-refractivity contribution is -0.317. The number of nitrogens with zero attached hydrogens (tertiary/aromatic N) is 1. The van der Waals surface area contributed by atoms with Crippen LogP contribution in [0.1, 0.15) is 115 Å². The molecule has 0 radical (unpaired) electrons. The van der Waals surface area contributed by atoms with Gasteiger partial charge in [0.2, 0.25) is 0 Å². The first-order valence-corrected chi connectivity index (χ1v) is 21.3. The molecule has 0 saturated carbocycles. The van der Waals surface area contributed by atoms with Crippen LogP contribution >= 0.6 is 0 Å². The van der Waals surface area contributed by atoms with E-state index in [2.05, 4.69) is 0 Å². The van der Waals surface area contributed by atoms with Crippen LogP contribution in [0.2, 0.25) is 0 Å². The highest BCUT2D eigenvalue weighted by Gasteiger charge is 2.56. The van der Waals surface area contributed by atoms with E-state index in [0.717, 1.165) is 5.57 Å². The molecule has 340 valence electrons. The molecule has 0 spiro atoms. The maximum Gasteiger partial charge on any atom is 0.311 e. The van der Waals surface area contributed by atoms with Crippen molar-refractivity contribution in [2.24, 2.45) is 17.8 Å². The smallest absolute Gasteiger partial charge is 0.311 e. The molecule has 4 heterocycles. The van der Waals surface area contributed by atoms with Crippen molar-refractivity contribution < 1.29 is 72.3 Å². The van der Waals surface area contributed by atoms with Gasteiger partial charge in [-0.05, 0) is 87.9 Å². The van der Waals surface area contributed by atoms with Crippen molar-refractivity contribution in [2.75, 3.05) is 27.8 Å². The molecule has 0 aromatic heterocycles. The van der Waals surface area contributed by atoms with E-state index in [4.69, 9.17) is 42.6 Å². The summed E-state index contributed by atoms with van der Waals surface area (Å²) >= 11 is 0. The Bertz CT molecular complexity index is 1490. The number of carbonyl (C=O) groups is 3. The maximum absolute atomic E-state index is 14.3. The lowest BCUT2D eigenvalue weighted by atomic mass is 9.78. The Hall–Kier alpha value is -2.41. The molecule has 17 atom stereocenters. The van der Waals surface area contributed by atoms with Gasteiger partial charge in [-0.2, -0.15) is 0 Å². The van der Waals surface area contributed by atoms with E-state index in [-0.39, 0.29) is 44.4 Å². The van der Waals surface area contributed by atoms with Crippen LogP contribution in [-0.2, 0) is 57.0 Å². The number of hydrogen-bond acceptors (Lipinski definition) is 16. The Kier molecular flexibility index (Phi) is 16.5. The predicted octanol–water partition coefficient (Wildman–Crippen LogP) is 3.79. The molecule has 59 heavy (non-hydrogen) atoms. The van der Waals surface area contributed by atoms with E-state index < -0.39 is 108 Å². The maximum atomic E-state index is 14.3. The van der Waals surface area contributed by atoms with E-state index in [1.807, 2.05) is 46.7 Å². The SMILES string of the molecule is CCOC(=O)CCC(=O)O[C@H]1[C@H](O[C@@H]2[C@@H](C)[C@H](O[C@H]3C[C@@](C)(OC)[C@@H](O)[C@H](C)O3)[C@@H](C)C(=O)O[C@H](CC)[C@@](C)(O)[C@H](O)[C@@H](C)C3=C(C)C[C@@]2(C)O3)O[C@H](C)C[C@@H]1N(C)C. The number of rotatable bonds is 12. The molecule has 16 heteroatoms. The highest BCUT2D eigenvalue weighted by atomic mass is 16.7. The molecule has 3 saturated heterocycles. The predicted molar refractivity (Wildman–Crippen MR) is 213 cm³/mol. The van der Waals surface area contributed by atoms with E-state index in [1.165, 1.54) is 14.0 Å².